The summed E-state index contributed by atoms with van der Waals surface area (Å²) in [4.78, 5) is 15.0. The Kier molecular flexibility index (Phi) is 3.75. The molecule has 0 saturated carbocycles. The lowest BCUT2D eigenvalue weighted by Gasteiger charge is -2.38. The van der Waals surface area contributed by atoms with E-state index in [0.717, 1.165) is 19.3 Å². The van der Waals surface area contributed by atoms with E-state index < -0.39 is 6.17 Å². The Labute approximate surface area is 155 Å². The number of halogens is 1. The van der Waals surface area contributed by atoms with Crippen LogP contribution in [0.3, 0.4) is 0 Å². The van der Waals surface area contributed by atoms with Gasteiger partial charge in [-0.05, 0) is 25.3 Å². The Morgan fingerprint density at radius 2 is 2.11 bits per heavy atom. The van der Waals surface area contributed by atoms with Crippen LogP contribution in [-0.4, -0.2) is 55.8 Å². The summed E-state index contributed by atoms with van der Waals surface area (Å²) in [6, 6.07) is 1.92. The molecule has 2 aliphatic heterocycles. The Balaban J connectivity index is 1.42. The van der Waals surface area contributed by atoms with E-state index in [1.165, 1.54) is 0 Å². The Morgan fingerprint density at radius 3 is 2.93 bits per heavy atom. The molecule has 2 N–H and O–H groups in total. The zero-order valence-electron chi connectivity index (χ0n) is 15.0. The molecule has 0 spiro atoms. The highest BCUT2D eigenvalue weighted by Gasteiger charge is 2.43. The highest BCUT2D eigenvalue weighted by molar-refractivity contribution is 5.74. The first-order chi connectivity index (χ1) is 13.1. The highest BCUT2D eigenvalue weighted by Crippen LogP contribution is 2.34. The molecule has 2 unspecified atom stereocenters. The number of piperidine rings is 1. The molecule has 0 amide bonds. The number of nitrogens with zero attached hydrogens (tertiary/aromatic N) is 5. The largest absolute Gasteiger partial charge is 0.504 e. The standard InChI is InChI=1S/C19H21FN6O/c1-25(15-8-11-2-3-13(24-11)17(15)20)16-10-22-14(9-23-16)12-4-6-26-7-5-21-19(26)18(12)27/h4-7,9-11,13,15,17,24,27H,2-3,8H2,1H3/t11?,13?,15-,17+/m0/s1. The van der Waals surface area contributed by atoms with E-state index in [1.54, 1.807) is 35.3 Å². The molecule has 0 aliphatic carbocycles. The van der Waals surface area contributed by atoms with Crippen molar-refractivity contribution in [2.24, 2.45) is 0 Å². The number of imidazole rings is 1. The predicted molar refractivity (Wildman–Crippen MR) is 99.5 cm³/mol. The van der Waals surface area contributed by atoms with Gasteiger partial charge in [-0.2, -0.15) is 0 Å². The van der Waals surface area contributed by atoms with E-state index in [9.17, 15) is 9.50 Å². The van der Waals surface area contributed by atoms with Gasteiger partial charge in [-0.25, -0.2) is 14.4 Å². The van der Waals surface area contributed by atoms with Crippen molar-refractivity contribution in [3.05, 3.63) is 37.1 Å². The number of anilines is 1. The van der Waals surface area contributed by atoms with Crippen LogP contribution in [0.2, 0.25) is 0 Å². The van der Waals surface area contributed by atoms with Gasteiger partial charge in [0.05, 0.1) is 24.1 Å². The summed E-state index contributed by atoms with van der Waals surface area (Å²) in [6.07, 6.45) is 10.3. The Hall–Kier alpha value is -2.74. The molecule has 5 rings (SSSR count). The maximum atomic E-state index is 14.8. The van der Waals surface area contributed by atoms with Gasteiger partial charge in [0.2, 0.25) is 0 Å². The first-order valence-electron chi connectivity index (χ1n) is 9.22. The van der Waals surface area contributed by atoms with Crippen molar-refractivity contribution in [2.75, 3.05) is 11.9 Å². The van der Waals surface area contributed by atoms with Crippen LogP contribution in [0, 0.1) is 0 Å². The normalized spacial score (nSPS) is 27.2. The van der Waals surface area contributed by atoms with Gasteiger partial charge in [0.1, 0.15) is 12.0 Å². The molecule has 2 fully saturated rings. The average Bonchev–Trinajstić information content (AvgIpc) is 3.33. The minimum absolute atomic E-state index is 0.0540. The first kappa shape index (κ1) is 16.4. The summed E-state index contributed by atoms with van der Waals surface area (Å²) < 4.78 is 16.5. The molecule has 3 aromatic heterocycles. The topological polar surface area (TPSA) is 78.6 Å². The van der Waals surface area contributed by atoms with Gasteiger partial charge in [0.15, 0.2) is 11.4 Å². The molecule has 0 aromatic carbocycles. The summed E-state index contributed by atoms with van der Waals surface area (Å²) in [5, 5.41) is 13.8. The van der Waals surface area contributed by atoms with Crippen molar-refractivity contribution < 1.29 is 9.50 Å². The van der Waals surface area contributed by atoms with Gasteiger partial charge in [-0.1, -0.05) is 0 Å². The number of hydrogen-bond donors (Lipinski definition) is 2. The fourth-order valence-electron chi connectivity index (χ4n) is 4.34. The van der Waals surface area contributed by atoms with Crippen molar-refractivity contribution >= 4 is 11.5 Å². The van der Waals surface area contributed by atoms with Crippen molar-refractivity contribution in [3.63, 3.8) is 0 Å². The molecule has 2 aliphatic rings. The third-order valence-corrected chi connectivity index (χ3v) is 5.86. The fourth-order valence-corrected chi connectivity index (χ4v) is 4.34. The molecular weight excluding hydrogens is 347 g/mol. The summed E-state index contributed by atoms with van der Waals surface area (Å²) >= 11 is 0. The maximum Gasteiger partial charge on any atom is 0.180 e. The number of rotatable bonds is 3. The molecule has 27 heavy (non-hydrogen) atoms. The maximum absolute atomic E-state index is 14.8. The van der Waals surface area contributed by atoms with Crippen molar-refractivity contribution in [2.45, 2.75) is 43.6 Å². The van der Waals surface area contributed by atoms with E-state index in [2.05, 4.69) is 20.3 Å². The smallest absolute Gasteiger partial charge is 0.180 e. The van der Waals surface area contributed by atoms with Crippen LogP contribution in [0.25, 0.3) is 16.9 Å². The lowest BCUT2D eigenvalue weighted by atomic mass is 9.96. The zero-order valence-corrected chi connectivity index (χ0v) is 15.0. The SMILES string of the molecule is CN(c1cnc(-c2ccn3ccnc3c2O)cn1)[C@H]1CC2CCC(N2)[C@H]1F. The molecule has 4 atom stereocenters. The molecule has 7 nitrogen and oxygen atoms in total. The third-order valence-electron chi connectivity index (χ3n) is 5.86. The highest BCUT2D eigenvalue weighted by atomic mass is 19.1. The van der Waals surface area contributed by atoms with E-state index in [4.69, 9.17) is 0 Å². The summed E-state index contributed by atoms with van der Waals surface area (Å²) in [5.41, 5.74) is 1.59. The van der Waals surface area contributed by atoms with Crippen LogP contribution < -0.4 is 10.2 Å². The number of hydrogen-bond acceptors (Lipinski definition) is 6. The molecule has 2 bridgehead atoms. The molecule has 2 saturated heterocycles. The van der Waals surface area contributed by atoms with Gasteiger partial charge in [0, 0.05) is 43.3 Å². The van der Waals surface area contributed by atoms with E-state index >= 15 is 0 Å². The van der Waals surface area contributed by atoms with Crippen LogP contribution in [0.1, 0.15) is 19.3 Å². The quantitative estimate of drug-likeness (QED) is 0.738. The van der Waals surface area contributed by atoms with Gasteiger partial charge in [-0.3, -0.25) is 4.98 Å². The lowest BCUT2D eigenvalue weighted by molar-refractivity contribution is 0.176. The second-order valence-corrected chi connectivity index (χ2v) is 7.40. The van der Waals surface area contributed by atoms with Crippen LogP contribution in [0.15, 0.2) is 37.1 Å². The molecular formula is C19H21FN6O. The number of nitrogens with one attached hydrogen (secondary N) is 1. The Morgan fingerprint density at radius 1 is 1.22 bits per heavy atom. The van der Waals surface area contributed by atoms with E-state index in [0.29, 0.717) is 28.8 Å². The molecule has 8 heteroatoms. The van der Waals surface area contributed by atoms with Crippen LogP contribution in [0.5, 0.6) is 5.75 Å². The first-order valence-corrected chi connectivity index (χ1v) is 9.22. The number of aromatic hydroxyl groups is 1. The molecule has 140 valence electrons. The monoisotopic (exact) mass is 368 g/mol. The van der Waals surface area contributed by atoms with Gasteiger partial charge in [-0.15, -0.1) is 0 Å². The zero-order chi connectivity index (χ0) is 18.5. The summed E-state index contributed by atoms with van der Waals surface area (Å²) in [6.45, 7) is 0. The number of alkyl halides is 1. The predicted octanol–water partition coefficient (Wildman–Crippen LogP) is 2.16. The number of pyridine rings is 1. The van der Waals surface area contributed by atoms with Crippen molar-refractivity contribution in [1.82, 2.24) is 24.7 Å². The van der Waals surface area contributed by atoms with Crippen molar-refractivity contribution in [3.8, 4) is 17.0 Å². The summed E-state index contributed by atoms with van der Waals surface area (Å²) in [5.74, 6) is 0.700. The minimum atomic E-state index is -0.915. The fraction of sp³-hybridized carbons (Fsp3) is 0.421. The van der Waals surface area contributed by atoms with Gasteiger partial charge in [0.25, 0.3) is 0 Å². The lowest BCUT2D eigenvalue weighted by Crippen LogP contribution is -2.55. The van der Waals surface area contributed by atoms with E-state index in [1.807, 2.05) is 18.1 Å². The molecule has 5 heterocycles. The van der Waals surface area contributed by atoms with Crippen LogP contribution in [0.4, 0.5) is 10.2 Å². The number of fused-ring (bicyclic) bond motifs is 3. The second kappa shape index (κ2) is 6.16. The molecule has 0 radical (unpaired) electrons. The van der Waals surface area contributed by atoms with Crippen LogP contribution >= 0.6 is 0 Å². The Bertz CT molecular complexity index is 974. The van der Waals surface area contributed by atoms with Crippen LogP contribution in [-0.2, 0) is 0 Å². The van der Waals surface area contributed by atoms with Gasteiger partial charge < -0.3 is 19.7 Å². The van der Waals surface area contributed by atoms with Gasteiger partial charge >= 0.3 is 0 Å². The van der Waals surface area contributed by atoms with Crippen molar-refractivity contribution in [1.29, 1.82) is 0 Å². The number of aromatic nitrogens is 4. The second-order valence-electron chi connectivity index (χ2n) is 7.40. The molecule has 3 aromatic rings. The third kappa shape index (κ3) is 2.63. The average molecular weight is 368 g/mol. The summed E-state index contributed by atoms with van der Waals surface area (Å²) in [7, 11) is 1.87. The van der Waals surface area contributed by atoms with E-state index in [-0.39, 0.29) is 17.8 Å². The minimum Gasteiger partial charge on any atom is -0.504 e.